The molecule has 0 saturated heterocycles. The number of fused-ring (bicyclic) bond motifs is 1. The third-order valence-corrected chi connectivity index (χ3v) is 2.30. The van der Waals surface area contributed by atoms with Crippen LogP contribution in [0.25, 0.3) is 11.0 Å². The maximum atomic E-state index is 12.0. The molecular formula is C11H7N5O. The number of imidazole rings is 1. The van der Waals surface area contributed by atoms with Crippen molar-refractivity contribution in [3.63, 3.8) is 0 Å². The lowest BCUT2D eigenvalue weighted by atomic mass is 10.3. The van der Waals surface area contributed by atoms with Crippen molar-refractivity contribution in [3.8, 4) is 0 Å². The van der Waals surface area contributed by atoms with E-state index in [-0.39, 0.29) is 17.4 Å². The topological polar surface area (TPSA) is 84.4 Å². The van der Waals surface area contributed by atoms with Crippen LogP contribution in [0.2, 0.25) is 0 Å². The monoisotopic (exact) mass is 225 g/mol. The smallest absolute Gasteiger partial charge is 0.265 e. The van der Waals surface area contributed by atoms with E-state index >= 15 is 0 Å². The lowest BCUT2D eigenvalue weighted by Crippen LogP contribution is -2.08. The molecule has 17 heavy (non-hydrogen) atoms. The van der Waals surface area contributed by atoms with E-state index in [9.17, 15) is 4.79 Å². The van der Waals surface area contributed by atoms with Crippen molar-refractivity contribution in [2.45, 2.75) is 0 Å². The largest absolute Gasteiger partial charge is 0.335 e. The quantitative estimate of drug-likeness (QED) is 0.657. The molecule has 0 fully saturated rings. The predicted octanol–water partition coefficient (Wildman–Crippen LogP) is 0.979. The summed E-state index contributed by atoms with van der Waals surface area (Å²) in [6.07, 6.45) is 2.56. The van der Waals surface area contributed by atoms with Gasteiger partial charge >= 0.3 is 0 Å². The number of nitrogens with zero attached hydrogens (tertiary/aromatic N) is 4. The number of benzene rings is 1. The van der Waals surface area contributed by atoms with Crippen molar-refractivity contribution in [2.24, 2.45) is 0 Å². The van der Waals surface area contributed by atoms with Crippen LogP contribution in [0.4, 0.5) is 0 Å². The molecule has 0 unspecified atom stereocenters. The highest BCUT2D eigenvalue weighted by Crippen LogP contribution is 2.11. The Hall–Kier alpha value is -2.63. The van der Waals surface area contributed by atoms with Gasteiger partial charge in [-0.15, -0.1) is 0 Å². The lowest BCUT2D eigenvalue weighted by Gasteiger charge is -1.92. The minimum atomic E-state index is -0.344. The zero-order chi connectivity index (χ0) is 11.7. The first-order chi connectivity index (χ1) is 8.34. The summed E-state index contributed by atoms with van der Waals surface area (Å²) in [6, 6.07) is 7.42. The second-order valence-corrected chi connectivity index (χ2v) is 3.39. The average molecular weight is 225 g/mol. The first-order valence-corrected chi connectivity index (χ1v) is 4.96. The van der Waals surface area contributed by atoms with E-state index < -0.39 is 0 Å². The number of hydrogen-bond donors (Lipinski definition) is 1. The summed E-state index contributed by atoms with van der Waals surface area (Å²) in [5, 5.41) is 0. The van der Waals surface area contributed by atoms with Gasteiger partial charge < -0.3 is 4.98 Å². The Kier molecular flexibility index (Phi) is 2.11. The number of rotatable bonds is 2. The number of carbonyl (C=O) groups is 1. The summed E-state index contributed by atoms with van der Waals surface area (Å²) in [4.78, 5) is 30.3. The first kappa shape index (κ1) is 9.59. The zero-order valence-corrected chi connectivity index (χ0v) is 8.66. The summed E-state index contributed by atoms with van der Waals surface area (Å²) in [5.41, 5.74) is 1.55. The molecule has 0 radical (unpaired) electrons. The Labute approximate surface area is 95.8 Å². The molecular weight excluding hydrogens is 218 g/mol. The highest BCUT2D eigenvalue weighted by atomic mass is 16.1. The van der Waals surface area contributed by atoms with Crippen LogP contribution in [0.1, 0.15) is 16.4 Å². The van der Waals surface area contributed by atoms with Gasteiger partial charge in [0.05, 0.1) is 11.0 Å². The normalized spacial score (nSPS) is 10.6. The molecule has 0 bridgehead atoms. The minimum Gasteiger partial charge on any atom is -0.335 e. The average Bonchev–Trinajstić information content (AvgIpc) is 2.82. The van der Waals surface area contributed by atoms with Gasteiger partial charge in [-0.25, -0.2) is 19.9 Å². The molecule has 0 aliphatic carbocycles. The third-order valence-electron chi connectivity index (χ3n) is 2.30. The summed E-state index contributed by atoms with van der Waals surface area (Å²) in [7, 11) is 0. The van der Waals surface area contributed by atoms with E-state index in [0.717, 1.165) is 11.0 Å². The second-order valence-electron chi connectivity index (χ2n) is 3.39. The van der Waals surface area contributed by atoms with Crippen molar-refractivity contribution in [1.29, 1.82) is 0 Å². The lowest BCUT2D eigenvalue weighted by molar-refractivity contribution is 0.102. The van der Waals surface area contributed by atoms with Crippen molar-refractivity contribution < 1.29 is 4.79 Å². The fraction of sp³-hybridized carbons (Fsp3) is 0. The molecule has 82 valence electrons. The van der Waals surface area contributed by atoms with Gasteiger partial charge in [-0.3, -0.25) is 4.79 Å². The van der Waals surface area contributed by atoms with E-state index in [1.165, 1.54) is 12.7 Å². The molecule has 3 aromatic rings. The number of ketones is 1. The molecule has 1 N–H and O–H groups in total. The SMILES string of the molecule is O=C(c1ncncn1)c1nc2ccccc2[nH]1. The Morgan fingerprint density at radius 1 is 1.12 bits per heavy atom. The highest BCUT2D eigenvalue weighted by Gasteiger charge is 2.15. The van der Waals surface area contributed by atoms with Crippen molar-refractivity contribution in [2.75, 3.05) is 0 Å². The van der Waals surface area contributed by atoms with Gasteiger partial charge in [0.25, 0.3) is 5.78 Å². The van der Waals surface area contributed by atoms with Crippen LogP contribution >= 0.6 is 0 Å². The molecule has 0 atom stereocenters. The van der Waals surface area contributed by atoms with Crippen molar-refractivity contribution in [3.05, 3.63) is 48.6 Å². The molecule has 0 amide bonds. The predicted molar refractivity (Wildman–Crippen MR) is 59.4 cm³/mol. The van der Waals surface area contributed by atoms with E-state index in [0.29, 0.717) is 0 Å². The van der Waals surface area contributed by atoms with Gasteiger partial charge in [-0.05, 0) is 12.1 Å². The van der Waals surface area contributed by atoms with Crippen LogP contribution < -0.4 is 0 Å². The molecule has 3 rings (SSSR count). The minimum absolute atomic E-state index is 0.0825. The van der Waals surface area contributed by atoms with Gasteiger partial charge in [0.2, 0.25) is 5.82 Å². The fourth-order valence-electron chi connectivity index (χ4n) is 1.52. The Balaban J connectivity index is 2.07. The van der Waals surface area contributed by atoms with Crippen LogP contribution in [0.15, 0.2) is 36.9 Å². The van der Waals surface area contributed by atoms with Gasteiger partial charge in [0, 0.05) is 0 Å². The maximum Gasteiger partial charge on any atom is 0.265 e. The van der Waals surface area contributed by atoms with Crippen LogP contribution in [-0.4, -0.2) is 30.7 Å². The standard InChI is InChI=1S/C11H7N5O/c17-9(10-13-5-12-6-14-10)11-15-7-3-1-2-4-8(7)16-11/h1-6H,(H,15,16). The van der Waals surface area contributed by atoms with Crippen molar-refractivity contribution in [1.82, 2.24) is 24.9 Å². The molecule has 0 aliphatic rings. The third kappa shape index (κ3) is 1.65. The molecule has 0 spiro atoms. The summed E-state index contributed by atoms with van der Waals surface area (Å²) in [5.74, 6) is -0.0277. The summed E-state index contributed by atoms with van der Waals surface area (Å²) >= 11 is 0. The van der Waals surface area contributed by atoms with Crippen LogP contribution in [0.5, 0.6) is 0 Å². The Morgan fingerprint density at radius 2 is 1.88 bits per heavy atom. The van der Waals surface area contributed by atoms with Crippen LogP contribution in [0, 0.1) is 0 Å². The Morgan fingerprint density at radius 3 is 2.65 bits per heavy atom. The Bertz CT molecular complexity index is 643. The van der Waals surface area contributed by atoms with Gasteiger partial charge in [0.15, 0.2) is 5.82 Å². The molecule has 2 aromatic heterocycles. The molecule has 0 aliphatic heterocycles. The zero-order valence-electron chi connectivity index (χ0n) is 8.66. The molecule has 6 heteroatoms. The fourth-order valence-corrected chi connectivity index (χ4v) is 1.52. The number of H-pyrrole nitrogens is 1. The number of nitrogens with one attached hydrogen (secondary N) is 1. The van der Waals surface area contributed by atoms with Crippen LogP contribution in [-0.2, 0) is 0 Å². The molecule has 2 heterocycles. The molecule has 1 aromatic carbocycles. The number of aromatic nitrogens is 5. The van der Waals surface area contributed by atoms with Crippen molar-refractivity contribution >= 4 is 16.8 Å². The number of hydrogen-bond acceptors (Lipinski definition) is 5. The molecule has 6 nitrogen and oxygen atoms in total. The number of aromatic amines is 1. The second kappa shape index (κ2) is 3.75. The maximum absolute atomic E-state index is 12.0. The van der Waals surface area contributed by atoms with E-state index in [1.807, 2.05) is 24.3 Å². The van der Waals surface area contributed by atoms with Gasteiger partial charge in [-0.2, -0.15) is 0 Å². The highest BCUT2D eigenvalue weighted by molar-refractivity contribution is 6.05. The first-order valence-electron chi connectivity index (χ1n) is 4.96. The molecule has 0 saturated carbocycles. The summed E-state index contributed by atoms with van der Waals surface area (Å²) in [6.45, 7) is 0. The number of para-hydroxylation sites is 2. The van der Waals surface area contributed by atoms with E-state index in [4.69, 9.17) is 0 Å². The van der Waals surface area contributed by atoms with Gasteiger partial charge in [0.1, 0.15) is 12.7 Å². The van der Waals surface area contributed by atoms with Gasteiger partial charge in [-0.1, -0.05) is 12.1 Å². The number of carbonyl (C=O) groups excluding carboxylic acids is 1. The summed E-state index contributed by atoms with van der Waals surface area (Å²) < 4.78 is 0. The van der Waals surface area contributed by atoms with Crippen LogP contribution in [0.3, 0.4) is 0 Å². The van der Waals surface area contributed by atoms with E-state index in [2.05, 4.69) is 24.9 Å². The van der Waals surface area contributed by atoms with E-state index in [1.54, 1.807) is 0 Å².